The van der Waals surface area contributed by atoms with E-state index >= 15 is 0 Å². The highest BCUT2D eigenvalue weighted by Gasteiger charge is 1.69. The summed E-state index contributed by atoms with van der Waals surface area (Å²) in [4.78, 5) is 14.7. The second kappa shape index (κ2) is 1.01. The first-order valence-corrected chi connectivity index (χ1v) is 1.61. The van der Waals surface area contributed by atoms with Gasteiger partial charge in [-0.1, -0.05) is 0 Å². The van der Waals surface area contributed by atoms with Gasteiger partial charge >= 0.3 is 5.69 Å². The van der Waals surface area contributed by atoms with Crippen LogP contribution in [0.2, 0.25) is 0 Å². The lowest BCUT2D eigenvalue weighted by Crippen LogP contribution is -1.98. The maximum absolute atomic E-state index is 9.96. The molecule has 3 nitrogen and oxygen atoms in total. The number of imidazole rings is 1. The minimum absolute atomic E-state index is 0.157. The SMILES string of the molecule is O=c1[nH]cc[nH]1. The summed E-state index contributed by atoms with van der Waals surface area (Å²) < 4.78 is 0. The van der Waals surface area contributed by atoms with Crippen molar-refractivity contribution < 1.29 is 0 Å². The van der Waals surface area contributed by atoms with Gasteiger partial charge in [0.25, 0.3) is 0 Å². The zero-order valence-electron chi connectivity index (χ0n) is 3.06. The number of aromatic amines is 2. The monoisotopic (exact) mass is 84.0 g/mol. The van der Waals surface area contributed by atoms with Crippen molar-refractivity contribution in [2.75, 3.05) is 0 Å². The van der Waals surface area contributed by atoms with E-state index < -0.39 is 0 Å². The van der Waals surface area contributed by atoms with Crippen LogP contribution in [0.15, 0.2) is 17.2 Å². The number of aromatic nitrogens is 2. The molecule has 1 rings (SSSR count). The van der Waals surface area contributed by atoms with Crippen LogP contribution in [0.3, 0.4) is 0 Å². The molecule has 32 valence electrons. The number of rotatable bonds is 0. The molecular formula is C3H4N2O. The van der Waals surface area contributed by atoms with Gasteiger partial charge in [0.2, 0.25) is 0 Å². The van der Waals surface area contributed by atoms with Gasteiger partial charge in [0.15, 0.2) is 0 Å². The molecule has 2 N–H and O–H groups in total. The summed E-state index contributed by atoms with van der Waals surface area (Å²) in [6, 6.07) is 0. The fraction of sp³-hybridized carbons (Fsp3) is 0. The zero-order chi connectivity index (χ0) is 4.41. The molecule has 0 aliphatic heterocycles. The fourth-order valence-electron chi connectivity index (χ4n) is 0.276. The van der Waals surface area contributed by atoms with E-state index in [4.69, 9.17) is 0 Å². The number of hydrogen-bond donors (Lipinski definition) is 2. The van der Waals surface area contributed by atoms with Crippen LogP contribution in [0.1, 0.15) is 0 Å². The van der Waals surface area contributed by atoms with Crippen molar-refractivity contribution in [3.63, 3.8) is 0 Å². The third-order valence-corrected chi connectivity index (χ3v) is 0.512. The smallest absolute Gasteiger partial charge is 0.313 e. The van der Waals surface area contributed by atoms with Gasteiger partial charge < -0.3 is 9.97 Å². The largest absolute Gasteiger partial charge is 0.322 e. The Kier molecular flexibility index (Phi) is 0.538. The summed E-state index contributed by atoms with van der Waals surface area (Å²) >= 11 is 0. The second-order valence-corrected chi connectivity index (χ2v) is 0.951. The molecule has 1 aromatic rings. The molecule has 0 fully saturated rings. The molecule has 0 atom stereocenters. The molecule has 1 heterocycles. The van der Waals surface area contributed by atoms with Gasteiger partial charge in [-0.05, 0) is 0 Å². The van der Waals surface area contributed by atoms with Crippen LogP contribution in [-0.2, 0) is 0 Å². The van der Waals surface area contributed by atoms with Crippen molar-refractivity contribution in [1.82, 2.24) is 9.97 Å². The fourth-order valence-corrected chi connectivity index (χ4v) is 0.276. The van der Waals surface area contributed by atoms with Gasteiger partial charge in [-0.2, -0.15) is 0 Å². The summed E-state index contributed by atoms with van der Waals surface area (Å²) in [6.07, 6.45) is 3.09. The highest BCUT2D eigenvalue weighted by Crippen LogP contribution is 1.54. The first kappa shape index (κ1) is 3.21. The Labute approximate surface area is 34.0 Å². The van der Waals surface area contributed by atoms with Crippen LogP contribution in [0.4, 0.5) is 0 Å². The maximum atomic E-state index is 9.96. The highest BCUT2D eigenvalue weighted by molar-refractivity contribution is 4.66. The molecule has 0 unspecified atom stereocenters. The van der Waals surface area contributed by atoms with Crippen LogP contribution in [0.25, 0.3) is 0 Å². The van der Waals surface area contributed by atoms with Crippen LogP contribution in [0.5, 0.6) is 0 Å². The topological polar surface area (TPSA) is 48.6 Å². The van der Waals surface area contributed by atoms with Crippen molar-refractivity contribution >= 4 is 0 Å². The molecule has 6 heavy (non-hydrogen) atoms. The van der Waals surface area contributed by atoms with E-state index in [1.807, 2.05) is 0 Å². The van der Waals surface area contributed by atoms with Gasteiger partial charge in [-0.25, -0.2) is 4.79 Å². The van der Waals surface area contributed by atoms with E-state index in [1.54, 1.807) is 12.4 Å². The molecule has 0 aliphatic rings. The lowest BCUT2D eigenvalue weighted by atomic mass is 11.0. The van der Waals surface area contributed by atoms with E-state index in [9.17, 15) is 4.79 Å². The Hall–Kier alpha value is -0.990. The lowest BCUT2D eigenvalue weighted by molar-refractivity contribution is 1.19. The third kappa shape index (κ3) is 0.337. The Morgan fingerprint density at radius 3 is 2.00 bits per heavy atom. The van der Waals surface area contributed by atoms with Gasteiger partial charge in [0, 0.05) is 12.4 Å². The lowest BCUT2D eigenvalue weighted by Gasteiger charge is -1.52. The van der Waals surface area contributed by atoms with Gasteiger partial charge in [0.1, 0.15) is 0 Å². The molecule has 0 bridgehead atoms. The maximum Gasteiger partial charge on any atom is 0.322 e. The predicted octanol–water partition coefficient (Wildman–Crippen LogP) is -0.297. The standard InChI is InChI=1S/C3H4N2O/c6-3-4-1-2-5-3/h1-2H,(H2,4,5,6). The first-order valence-electron chi connectivity index (χ1n) is 1.61. The average molecular weight is 84.1 g/mol. The van der Waals surface area contributed by atoms with E-state index in [1.165, 1.54) is 0 Å². The summed E-state index contributed by atoms with van der Waals surface area (Å²) in [7, 11) is 0. The molecule has 0 amide bonds. The molecule has 0 aliphatic carbocycles. The first-order chi connectivity index (χ1) is 2.89. The molecule has 0 saturated carbocycles. The second-order valence-electron chi connectivity index (χ2n) is 0.951. The number of H-pyrrole nitrogens is 2. The normalized spacial score (nSPS) is 8.67. The zero-order valence-corrected chi connectivity index (χ0v) is 3.06. The van der Waals surface area contributed by atoms with Crippen molar-refractivity contribution in [2.24, 2.45) is 0 Å². The Balaban J connectivity index is 3.41. The summed E-state index contributed by atoms with van der Waals surface area (Å²) in [6.45, 7) is 0. The van der Waals surface area contributed by atoms with Crippen LogP contribution in [-0.4, -0.2) is 9.97 Å². The van der Waals surface area contributed by atoms with E-state index in [0.29, 0.717) is 0 Å². The van der Waals surface area contributed by atoms with Crippen molar-refractivity contribution in [3.05, 3.63) is 22.9 Å². The minimum atomic E-state index is -0.157. The van der Waals surface area contributed by atoms with Crippen molar-refractivity contribution in [3.8, 4) is 0 Å². The molecule has 0 aromatic carbocycles. The average Bonchev–Trinajstić information content (AvgIpc) is 1.86. The van der Waals surface area contributed by atoms with Gasteiger partial charge in [0.05, 0.1) is 0 Å². The highest BCUT2D eigenvalue weighted by atomic mass is 16.1. The number of nitrogens with one attached hydrogen (secondary N) is 2. The van der Waals surface area contributed by atoms with Gasteiger partial charge in [-0.3, -0.25) is 0 Å². The molecule has 1 aromatic heterocycles. The summed E-state index contributed by atoms with van der Waals surface area (Å²) in [5.74, 6) is 0. The predicted molar refractivity (Wildman–Crippen MR) is 21.4 cm³/mol. The molecule has 3 heteroatoms. The van der Waals surface area contributed by atoms with Crippen molar-refractivity contribution in [2.45, 2.75) is 0 Å². The summed E-state index contributed by atoms with van der Waals surface area (Å²) in [5, 5.41) is 0. The van der Waals surface area contributed by atoms with Crippen LogP contribution >= 0.6 is 0 Å². The Morgan fingerprint density at radius 1 is 1.33 bits per heavy atom. The van der Waals surface area contributed by atoms with Crippen LogP contribution in [0, 0.1) is 0 Å². The van der Waals surface area contributed by atoms with E-state index in [2.05, 4.69) is 9.97 Å². The van der Waals surface area contributed by atoms with Crippen LogP contribution < -0.4 is 5.69 Å². The number of hydrogen-bond acceptors (Lipinski definition) is 1. The summed E-state index contributed by atoms with van der Waals surface area (Å²) in [5.41, 5.74) is -0.157. The van der Waals surface area contributed by atoms with E-state index in [-0.39, 0.29) is 5.69 Å². The third-order valence-electron chi connectivity index (χ3n) is 0.512. The quantitative estimate of drug-likeness (QED) is 0.445. The molecule has 0 saturated heterocycles. The molecule has 0 radical (unpaired) electrons. The van der Waals surface area contributed by atoms with Gasteiger partial charge in [-0.15, -0.1) is 0 Å². The van der Waals surface area contributed by atoms with E-state index in [0.717, 1.165) is 0 Å². The van der Waals surface area contributed by atoms with Crippen molar-refractivity contribution in [1.29, 1.82) is 0 Å². The molecule has 0 spiro atoms. The minimum Gasteiger partial charge on any atom is -0.313 e. The molecular weight excluding hydrogens is 80.0 g/mol. The Morgan fingerprint density at radius 2 is 1.83 bits per heavy atom. The Bertz CT molecular complexity index is 147.